The van der Waals surface area contributed by atoms with E-state index in [1.54, 1.807) is 18.9 Å². The number of carbonyl (C=O) groups excluding carboxylic acids is 1. The van der Waals surface area contributed by atoms with Crippen LogP contribution in [-0.2, 0) is 4.79 Å². The maximum absolute atomic E-state index is 11.8. The first-order valence-corrected chi connectivity index (χ1v) is 5.57. The number of anilines is 1. The van der Waals surface area contributed by atoms with Crippen molar-refractivity contribution in [2.24, 2.45) is 0 Å². The summed E-state index contributed by atoms with van der Waals surface area (Å²) in [5, 5.41) is 13.6. The maximum atomic E-state index is 11.8. The second-order valence-electron chi connectivity index (χ2n) is 3.87. The molecule has 1 rings (SSSR count). The molecule has 0 bridgehead atoms. The van der Waals surface area contributed by atoms with Gasteiger partial charge in [-0.15, -0.1) is 0 Å². The molecule has 1 aromatic heterocycles. The summed E-state index contributed by atoms with van der Waals surface area (Å²) < 4.78 is 0. The van der Waals surface area contributed by atoms with E-state index in [-0.39, 0.29) is 11.6 Å². The molecule has 0 saturated carbocycles. The molecule has 7 nitrogen and oxygen atoms in total. The Labute approximate surface area is 105 Å². The summed E-state index contributed by atoms with van der Waals surface area (Å²) in [6.07, 6.45) is 2.60. The summed E-state index contributed by atoms with van der Waals surface area (Å²) in [5.74, 6) is -0.122. The van der Waals surface area contributed by atoms with Crippen molar-refractivity contribution in [2.45, 2.75) is 19.9 Å². The molecule has 18 heavy (non-hydrogen) atoms. The van der Waals surface area contributed by atoms with E-state index in [2.05, 4.69) is 10.3 Å². The van der Waals surface area contributed by atoms with E-state index >= 15 is 0 Å². The SMILES string of the molecule is CCN(C)C(=O)C(C)Nc1ccncc1[N+](=O)[O-]. The molecule has 0 aliphatic heterocycles. The smallest absolute Gasteiger partial charge is 0.310 e. The van der Waals surface area contributed by atoms with Gasteiger partial charge in [0.05, 0.1) is 4.92 Å². The van der Waals surface area contributed by atoms with Crippen molar-refractivity contribution in [3.63, 3.8) is 0 Å². The Morgan fingerprint density at radius 1 is 1.67 bits per heavy atom. The summed E-state index contributed by atoms with van der Waals surface area (Å²) in [4.78, 5) is 27.3. The Balaban J connectivity index is 2.85. The molecule has 0 radical (unpaired) electrons. The molecule has 0 saturated heterocycles. The number of hydrogen-bond acceptors (Lipinski definition) is 5. The monoisotopic (exact) mass is 252 g/mol. The van der Waals surface area contributed by atoms with E-state index < -0.39 is 11.0 Å². The lowest BCUT2D eigenvalue weighted by Gasteiger charge is -2.21. The van der Waals surface area contributed by atoms with Crippen LogP contribution in [0.15, 0.2) is 18.5 Å². The quantitative estimate of drug-likeness (QED) is 0.629. The lowest BCUT2D eigenvalue weighted by molar-refractivity contribution is -0.384. The molecule has 1 amide bonds. The van der Waals surface area contributed by atoms with Crippen molar-refractivity contribution in [1.82, 2.24) is 9.88 Å². The molecule has 98 valence electrons. The van der Waals surface area contributed by atoms with E-state index in [0.717, 1.165) is 6.20 Å². The third-order valence-corrected chi connectivity index (χ3v) is 2.59. The second-order valence-corrected chi connectivity index (χ2v) is 3.87. The molecule has 1 aromatic rings. The maximum Gasteiger partial charge on any atom is 0.310 e. The van der Waals surface area contributed by atoms with Gasteiger partial charge in [-0.25, -0.2) is 0 Å². The summed E-state index contributed by atoms with van der Waals surface area (Å²) in [5.41, 5.74) is 0.150. The normalized spacial score (nSPS) is 11.7. The fourth-order valence-corrected chi connectivity index (χ4v) is 1.44. The zero-order valence-electron chi connectivity index (χ0n) is 10.6. The average Bonchev–Trinajstić information content (AvgIpc) is 2.37. The Kier molecular flexibility index (Phi) is 4.59. The molecular formula is C11H16N4O3. The van der Waals surface area contributed by atoms with Gasteiger partial charge in [0.2, 0.25) is 5.91 Å². The third kappa shape index (κ3) is 3.16. The first-order valence-electron chi connectivity index (χ1n) is 5.57. The number of pyridine rings is 1. The van der Waals surface area contributed by atoms with Crippen LogP contribution >= 0.6 is 0 Å². The van der Waals surface area contributed by atoms with Crippen LogP contribution in [-0.4, -0.2) is 40.3 Å². The largest absolute Gasteiger partial charge is 0.368 e. The van der Waals surface area contributed by atoms with Gasteiger partial charge in [-0.05, 0) is 19.9 Å². The summed E-state index contributed by atoms with van der Waals surface area (Å²) >= 11 is 0. The molecule has 0 aliphatic rings. The fraction of sp³-hybridized carbons (Fsp3) is 0.455. The zero-order valence-corrected chi connectivity index (χ0v) is 10.6. The molecule has 7 heteroatoms. The number of nitro groups is 1. The van der Waals surface area contributed by atoms with Crippen LogP contribution in [0.3, 0.4) is 0 Å². The van der Waals surface area contributed by atoms with Gasteiger partial charge in [-0.1, -0.05) is 0 Å². The van der Waals surface area contributed by atoms with Crippen molar-refractivity contribution in [2.75, 3.05) is 18.9 Å². The van der Waals surface area contributed by atoms with Crippen LogP contribution in [0, 0.1) is 10.1 Å². The van der Waals surface area contributed by atoms with Gasteiger partial charge in [-0.2, -0.15) is 0 Å². The number of rotatable bonds is 5. The van der Waals surface area contributed by atoms with Gasteiger partial charge in [0.25, 0.3) is 0 Å². The lowest BCUT2D eigenvalue weighted by atomic mass is 10.2. The van der Waals surface area contributed by atoms with E-state index in [9.17, 15) is 14.9 Å². The minimum Gasteiger partial charge on any atom is -0.368 e. The third-order valence-electron chi connectivity index (χ3n) is 2.59. The van der Waals surface area contributed by atoms with Gasteiger partial charge in [0, 0.05) is 19.8 Å². The molecule has 1 heterocycles. The predicted octanol–water partition coefficient (Wildman–Crippen LogP) is 1.27. The topological polar surface area (TPSA) is 88.4 Å². The fourth-order valence-electron chi connectivity index (χ4n) is 1.44. The Morgan fingerprint density at radius 3 is 2.89 bits per heavy atom. The second kappa shape index (κ2) is 5.95. The first-order chi connectivity index (χ1) is 8.47. The van der Waals surface area contributed by atoms with E-state index in [0.29, 0.717) is 12.2 Å². The molecule has 0 aliphatic carbocycles. The van der Waals surface area contributed by atoms with Crippen molar-refractivity contribution in [1.29, 1.82) is 0 Å². The van der Waals surface area contributed by atoms with Crippen LogP contribution in [0.25, 0.3) is 0 Å². The van der Waals surface area contributed by atoms with E-state index in [1.165, 1.54) is 12.3 Å². The number of aromatic nitrogens is 1. The first kappa shape index (κ1) is 13.9. The van der Waals surface area contributed by atoms with Gasteiger partial charge in [0.1, 0.15) is 17.9 Å². The number of carbonyl (C=O) groups is 1. The molecular weight excluding hydrogens is 236 g/mol. The minimum atomic E-state index is -0.532. The van der Waals surface area contributed by atoms with Crippen molar-refractivity contribution in [3.8, 4) is 0 Å². The Hall–Kier alpha value is -2.18. The molecule has 0 spiro atoms. The van der Waals surface area contributed by atoms with Gasteiger partial charge in [0.15, 0.2) is 0 Å². The average molecular weight is 252 g/mol. The molecule has 1 unspecified atom stereocenters. The Morgan fingerprint density at radius 2 is 2.33 bits per heavy atom. The highest BCUT2D eigenvalue weighted by molar-refractivity contribution is 5.84. The number of nitrogens with one attached hydrogen (secondary N) is 1. The summed E-state index contributed by atoms with van der Waals surface area (Å²) in [6, 6.07) is 0.949. The van der Waals surface area contributed by atoms with Gasteiger partial charge in [-0.3, -0.25) is 19.9 Å². The van der Waals surface area contributed by atoms with Crippen LogP contribution in [0.4, 0.5) is 11.4 Å². The Bertz CT molecular complexity index is 450. The highest BCUT2D eigenvalue weighted by atomic mass is 16.6. The minimum absolute atomic E-state index is 0.122. The van der Waals surface area contributed by atoms with Crippen LogP contribution in [0.1, 0.15) is 13.8 Å². The van der Waals surface area contributed by atoms with Crippen molar-refractivity contribution < 1.29 is 9.72 Å². The molecule has 1 N–H and O–H groups in total. The van der Waals surface area contributed by atoms with E-state index in [1.807, 2.05) is 6.92 Å². The number of nitrogens with zero attached hydrogens (tertiary/aromatic N) is 3. The van der Waals surface area contributed by atoms with Gasteiger partial charge < -0.3 is 10.2 Å². The highest BCUT2D eigenvalue weighted by Crippen LogP contribution is 2.22. The van der Waals surface area contributed by atoms with E-state index in [4.69, 9.17) is 0 Å². The summed E-state index contributed by atoms with van der Waals surface area (Å²) in [6.45, 7) is 4.11. The summed E-state index contributed by atoms with van der Waals surface area (Å²) in [7, 11) is 1.68. The van der Waals surface area contributed by atoms with Crippen molar-refractivity contribution in [3.05, 3.63) is 28.6 Å². The molecule has 0 fully saturated rings. The molecule has 0 aromatic carbocycles. The van der Waals surface area contributed by atoms with Gasteiger partial charge >= 0.3 is 5.69 Å². The van der Waals surface area contributed by atoms with Crippen LogP contribution in [0.2, 0.25) is 0 Å². The highest BCUT2D eigenvalue weighted by Gasteiger charge is 2.20. The predicted molar refractivity (Wildman–Crippen MR) is 67.3 cm³/mol. The number of hydrogen-bond donors (Lipinski definition) is 1. The lowest BCUT2D eigenvalue weighted by Crippen LogP contribution is -2.38. The van der Waals surface area contributed by atoms with Crippen molar-refractivity contribution >= 4 is 17.3 Å². The van der Waals surface area contributed by atoms with Crippen LogP contribution < -0.4 is 5.32 Å². The van der Waals surface area contributed by atoms with Crippen LogP contribution in [0.5, 0.6) is 0 Å². The number of amides is 1. The number of likely N-dealkylation sites (N-methyl/N-ethyl adjacent to an activating group) is 1. The zero-order chi connectivity index (χ0) is 13.7. The standard InChI is InChI=1S/C11H16N4O3/c1-4-14(3)11(16)8(2)13-9-5-6-12-7-10(9)15(17)18/h5-8H,4H2,1-3H3,(H,12,13). The molecule has 1 atom stereocenters.